The summed E-state index contributed by atoms with van der Waals surface area (Å²) in [5, 5.41) is 29.5. The molecule has 1 unspecified atom stereocenters. The monoisotopic (exact) mass is 430 g/mol. The second-order valence-corrected chi connectivity index (χ2v) is 8.16. The Hall–Kier alpha value is -2.44. The molecule has 170 valence electrons. The lowest BCUT2D eigenvalue weighted by atomic mass is 9.89. The van der Waals surface area contributed by atoms with E-state index in [2.05, 4.69) is 0 Å². The number of aliphatic carboxylic acids is 1. The molecule has 0 bridgehead atoms. The van der Waals surface area contributed by atoms with Gasteiger partial charge in [-0.05, 0) is 49.7 Å². The number of allylic oxidation sites excluding steroid dienone is 2. The smallest absolute Gasteiger partial charge is 0.303 e. The van der Waals surface area contributed by atoms with Gasteiger partial charge in [-0.25, -0.2) is 0 Å². The zero-order valence-electron chi connectivity index (χ0n) is 18.1. The fourth-order valence-corrected chi connectivity index (χ4v) is 4.06. The van der Waals surface area contributed by atoms with Gasteiger partial charge in [0.05, 0.1) is 12.2 Å². The van der Waals surface area contributed by atoms with Crippen LogP contribution in [0.5, 0.6) is 0 Å². The SMILES string of the molecule is CC(=O)OC(/C=C/[C@@H]1[C@@H](C/C=C\CCCC(=O)O)[C@@H](O)C[C@H]1O)CCc1ccccc1. The summed E-state index contributed by atoms with van der Waals surface area (Å²) in [6.45, 7) is 1.38. The summed E-state index contributed by atoms with van der Waals surface area (Å²) in [7, 11) is 0. The van der Waals surface area contributed by atoms with E-state index in [1.807, 2.05) is 54.6 Å². The number of carboxylic acids is 1. The number of rotatable bonds is 12. The molecule has 0 saturated heterocycles. The molecule has 3 N–H and O–H groups in total. The fraction of sp³-hybridized carbons (Fsp3) is 0.520. The summed E-state index contributed by atoms with van der Waals surface area (Å²) >= 11 is 0. The molecule has 1 aliphatic rings. The highest BCUT2D eigenvalue weighted by molar-refractivity contribution is 5.66. The van der Waals surface area contributed by atoms with Crippen molar-refractivity contribution in [3.8, 4) is 0 Å². The van der Waals surface area contributed by atoms with E-state index in [9.17, 15) is 19.8 Å². The number of aliphatic hydroxyl groups excluding tert-OH is 2. The molecule has 6 nitrogen and oxygen atoms in total. The number of aliphatic hydroxyl groups is 2. The van der Waals surface area contributed by atoms with Crippen LogP contribution in [0.2, 0.25) is 0 Å². The fourth-order valence-electron chi connectivity index (χ4n) is 4.06. The van der Waals surface area contributed by atoms with Gasteiger partial charge in [0.1, 0.15) is 6.10 Å². The molecule has 0 spiro atoms. The lowest BCUT2D eigenvalue weighted by Crippen LogP contribution is -2.21. The highest BCUT2D eigenvalue weighted by Crippen LogP contribution is 2.36. The lowest BCUT2D eigenvalue weighted by molar-refractivity contribution is -0.144. The third-order valence-corrected chi connectivity index (χ3v) is 5.68. The van der Waals surface area contributed by atoms with Crippen LogP contribution >= 0.6 is 0 Å². The van der Waals surface area contributed by atoms with Crippen molar-refractivity contribution in [2.75, 3.05) is 0 Å². The van der Waals surface area contributed by atoms with Gasteiger partial charge >= 0.3 is 11.9 Å². The van der Waals surface area contributed by atoms with Gasteiger partial charge in [-0.3, -0.25) is 9.59 Å². The predicted molar refractivity (Wildman–Crippen MR) is 118 cm³/mol. The molecule has 0 aromatic heterocycles. The van der Waals surface area contributed by atoms with Crippen molar-refractivity contribution in [1.82, 2.24) is 0 Å². The van der Waals surface area contributed by atoms with Crippen molar-refractivity contribution in [3.05, 3.63) is 60.2 Å². The zero-order valence-corrected chi connectivity index (χ0v) is 18.1. The minimum absolute atomic E-state index is 0.130. The first-order valence-corrected chi connectivity index (χ1v) is 11.0. The topological polar surface area (TPSA) is 104 Å². The number of aryl methyl sites for hydroxylation is 1. The van der Waals surface area contributed by atoms with Crippen LogP contribution in [-0.4, -0.2) is 45.6 Å². The molecule has 0 aliphatic heterocycles. The van der Waals surface area contributed by atoms with E-state index in [-0.39, 0.29) is 24.2 Å². The van der Waals surface area contributed by atoms with Gasteiger partial charge < -0.3 is 20.1 Å². The molecule has 1 aliphatic carbocycles. The largest absolute Gasteiger partial charge is 0.481 e. The van der Waals surface area contributed by atoms with Crippen molar-refractivity contribution >= 4 is 11.9 Å². The first-order valence-electron chi connectivity index (χ1n) is 11.0. The first kappa shape index (κ1) is 24.8. The second-order valence-electron chi connectivity index (χ2n) is 8.16. The van der Waals surface area contributed by atoms with Crippen molar-refractivity contribution in [3.63, 3.8) is 0 Å². The van der Waals surface area contributed by atoms with Crippen molar-refractivity contribution in [1.29, 1.82) is 0 Å². The summed E-state index contributed by atoms with van der Waals surface area (Å²) in [5.41, 5.74) is 1.16. The molecule has 31 heavy (non-hydrogen) atoms. The third kappa shape index (κ3) is 9.07. The normalized spacial score (nSPS) is 24.6. The van der Waals surface area contributed by atoms with Crippen molar-refractivity contribution < 1.29 is 29.6 Å². The minimum Gasteiger partial charge on any atom is -0.481 e. The quantitative estimate of drug-likeness (QED) is 0.266. The van der Waals surface area contributed by atoms with Gasteiger partial charge in [-0.15, -0.1) is 0 Å². The molecule has 0 heterocycles. The van der Waals surface area contributed by atoms with Crippen molar-refractivity contribution in [2.24, 2.45) is 11.8 Å². The Kier molecular flexibility index (Phi) is 10.5. The van der Waals surface area contributed by atoms with Crippen LogP contribution in [0.1, 0.15) is 51.0 Å². The van der Waals surface area contributed by atoms with E-state index in [1.165, 1.54) is 6.92 Å². The van der Waals surface area contributed by atoms with Gasteiger partial charge in [0.15, 0.2) is 0 Å². The average Bonchev–Trinajstić information content (AvgIpc) is 2.99. The summed E-state index contributed by atoms with van der Waals surface area (Å²) in [6.07, 6.45) is 9.66. The van der Waals surface area contributed by atoms with Crippen LogP contribution < -0.4 is 0 Å². The molecular formula is C25H34O6. The highest BCUT2D eigenvalue weighted by atomic mass is 16.5. The zero-order chi connectivity index (χ0) is 22.6. The number of benzene rings is 1. The standard InChI is InChI=1S/C25H34O6/c1-18(26)31-20(14-13-19-9-5-4-6-10-19)15-16-22-21(23(27)17-24(22)28)11-7-2-3-8-12-25(29)30/h2,4-7,9-10,15-16,20-24,27-28H,3,8,11-14,17H2,1H3,(H,29,30)/b7-2-,16-15+/t20?,21-,22-,23+,24-/m1/s1. The first-order chi connectivity index (χ1) is 14.9. The lowest BCUT2D eigenvalue weighted by Gasteiger charge is -2.20. The third-order valence-electron chi connectivity index (χ3n) is 5.68. The molecule has 5 atom stereocenters. The molecule has 1 saturated carbocycles. The van der Waals surface area contributed by atoms with Gasteiger partial charge in [0.25, 0.3) is 0 Å². The van der Waals surface area contributed by atoms with Gasteiger partial charge in [0, 0.05) is 25.7 Å². The number of ether oxygens (including phenoxy) is 1. The van der Waals surface area contributed by atoms with Crippen LogP contribution in [0.3, 0.4) is 0 Å². The van der Waals surface area contributed by atoms with Crippen molar-refractivity contribution in [2.45, 2.75) is 70.2 Å². The van der Waals surface area contributed by atoms with Crippen LogP contribution in [0.4, 0.5) is 0 Å². The van der Waals surface area contributed by atoms with E-state index >= 15 is 0 Å². The number of carbonyl (C=O) groups is 2. The Morgan fingerprint density at radius 1 is 1.16 bits per heavy atom. The number of carbonyl (C=O) groups excluding carboxylic acids is 1. The molecule has 1 aromatic carbocycles. The Labute approximate surface area is 184 Å². The molecular weight excluding hydrogens is 396 g/mol. The number of hydrogen-bond acceptors (Lipinski definition) is 5. The molecule has 1 aromatic rings. The molecule has 6 heteroatoms. The number of esters is 1. The number of carboxylic acid groups (broad SMARTS) is 1. The molecule has 0 radical (unpaired) electrons. The molecule has 1 fully saturated rings. The van der Waals surface area contributed by atoms with E-state index in [1.54, 1.807) is 0 Å². The predicted octanol–water partition coefficient (Wildman–Crippen LogP) is 3.67. The summed E-state index contributed by atoms with van der Waals surface area (Å²) in [5.74, 6) is -1.51. The van der Waals surface area contributed by atoms with Crippen LogP contribution in [0, 0.1) is 11.8 Å². The Morgan fingerprint density at radius 3 is 2.58 bits per heavy atom. The number of hydrogen-bond donors (Lipinski definition) is 3. The van der Waals surface area contributed by atoms with E-state index in [0.29, 0.717) is 32.1 Å². The maximum atomic E-state index is 11.5. The van der Waals surface area contributed by atoms with E-state index in [0.717, 1.165) is 12.0 Å². The summed E-state index contributed by atoms with van der Waals surface area (Å²) in [4.78, 5) is 22.1. The second kappa shape index (κ2) is 13.1. The van der Waals surface area contributed by atoms with Crippen LogP contribution in [0.15, 0.2) is 54.6 Å². The highest BCUT2D eigenvalue weighted by Gasteiger charge is 2.39. The Morgan fingerprint density at radius 2 is 1.90 bits per heavy atom. The Balaban J connectivity index is 1.95. The van der Waals surface area contributed by atoms with Crippen LogP contribution in [-0.2, 0) is 20.7 Å². The summed E-state index contributed by atoms with van der Waals surface area (Å²) in [6, 6.07) is 9.97. The maximum Gasteiger partial charge on any atom is 0.303 e. The van der Waals surface area contributed by atoms with Gasteiger partial charge in [-0.1, -0.05) is 48.6 Å². The van der Waals surface area contributed by atoms with E-state index < -0.39 is 24.3 Å². The summed E-state index contributed by atoms with van der Waals surface area (Å²) < 4.78 is 5.44. The van der Waals surface area contributed by atoms with Gasteiger partial charge in [0.2, 0.25) is 0 Å². The minimum atomic E-state index is -0.803. The van der Waals surface area contributed by atoms with E-state index in [4.69, 9.17) is 9.84 Å². The maximum absolute atomic E-state index is 11.5. The van der Waals surface area contributed by atoms with Crippen LogP contribution in [0.25, 0.3) is 0 Å². The Bertz CT molecular complexity index is 742. The molecule has 0 amide bonds. The van der Waals surface area contributed by atoms with Gasteiger partial charge in [-0.2, -0.15) is 0 Å². The average molecular weight is 431 g/mol. The number of unbranched alkanes of at least 4 members (excludes halogenated alkanes) is 1. The molecule has 2 rings (SSSR count).